The molecule has 0 saturated heterocycles. The van der Waals surface area contributed by atoms with E-state index < -0.39 is 32.5 Å². The first-order valence-electron chi connectivity index (χ1n) is 31.7. The van der Waals surface area contributed by atoms with Gasteiger partial charge in [-0.05, 0) is 109 Å². The number of phosphoric acid groups is 1. The number of unbranched alkanes of at least 4 members (excludes halogenated alkanes) is 23. The molecule has 0 saturated carbocycles. The van der Waals surface area contributed by atoms with E-state index in [0.717, 1.165) is 83.5 Å². The summed E-state index contributed by atoms with van der Waals surface area (Å²) in [5, 5.41) is 0. The Morgan fingerprint density at radius 1 is 0.392 bits per heavy atom. The van der Waals surface area contributed by atoms with Gasteiger partial charge in [0.05, 0.1) is 13.2 Å². The molecule has 0 heterocycles. The zero-order valence-corrected chi connectivity index (χ0v) is 51.2. The third kappa shape index (κ3) is 63.2. The molecule has 2 unspecified atom stereocenters. The number of carbonyl (C=O) groups excluding carboxylic acids is 2. The quantitative estimate of drug-likeness (QED) is 0.0264. The van der Waals surface area contributed by atoms with Gasteiger partial charge in [0, 0.05) is 19.4 Å². The lowest BCUT2D eigenvalue weighted by molar-refractivity contribution is -0.161. The highest BCUT2D eigenvalue weighted by Gasteiger charge is 2.26. The molecule has 0 aromatic heterocycles. The maximum absolute atomic E-state index is 12.7. The second-order valence-electron chi connectivity index (χ2n) is 20.5. The fourth-order valence-electron chi connectivity index (χ4n) is 8.37. The van der Waals surface area contributed by atoms with Crippen LogP contribution in [-0.2, 0) is 32.7 Å². The van der Waals surface area contributed by atoms with Crippen molar-refractivity contribution in [2.24, 2.45) is 5.73 Å². The van der Waals surface area contributed by atoms with Crippen LogP contribution in [-0.4, -0.2) is 49.3 Å². The Morgan fingerprint density at radius 3 is 1.08 bits per heavy atom. The molecule has 0 aromatic carbocycles. The minimum absolute atomic E-state index is 0.0377. The maximum atomic E-state index is 12.7. The number of phosphoric ester groups is 1. The molecule has 0 bridgehead atoms. The van der Waals surface area contributed by atoms with Gasteiger partial charge in [-0.3, -0.25) is 18.6 Å². The molecular formula is C69H116NO8P. The molecule has 0 amide bonds. The van der Waals surface area contributed by atoms with E-state index in [1.165, 1.54) is 135 Å². The summed E-state index contributed by atoms with van der Waals surface area (Å²) in [5.74, 6) is -0.901. The molecule has 0 aromatic rings. The second kappa shape index (κ2) is 63.3. The molecule has 2 atom stereocenters. The summed E-state index contributed by atoms with van der Waals surface area (Å²) in [5.41, 5.74) is 5.38. The van der Waals surface area contributed by atoms with E-state index >= 15 is 0 Å². The highest BCUT2D eigenvalue weighted by molar-refractivity contribution is 7.47. The van der Waals surface area contributed by atoms with Crippen LogP contribution in [0.25, 0.3) is 0 Å². The summed E-state index contributed by atoms with van der Waals surface area (Å²) in [6.07, 6.45) is 89.6. The van der Waals surface area contributed by atoms with Gasteiger partial charge in [0.15, 0.2) is 6.10 Å². The van der Waals surface area contributed by atoms with Gasteiger partial charge >= 0.3 is 19.8 Å². The smallest absolute Gasteiger partial charge is 0.462 e. The molecular weight excluding hydrogens is 1000 g/mol. The van der Waals surface area contributed by atoms with Gasteiger partial charge in [0.1, 0.15) is 6.61 Å². The third-order valence-electron chi connectivity index (χ3n) is 13.0. The Labute approximate surface area is 484 Å². The average molecular weight is 1120 g/mol. The zero-order chi connectivity index (χ0) is 57.3. The van der Waals surface area contributed by atoms with Crippen molar-refractivity contribution < 1.29 is 37.6 Å². The number of ether oxygens (including phenoxy) is 2. The molecule has 9 nitrogen and oxygen atoms in total. The number of carbonyl (C=O) groups is 2. The van der Waals surface area contributed by atoms with Gasteiger partial charge in [0.2, 0.25) is 0 Å². The molecule has 0 rings (SSSR count). The van der Waals surface area contributed by atoms with E-state index in [1.54, 1.807) is 0 Å². The minimum Gasteiger partial charge on any atom is -0.462 e. The SMILES string of the molecule is CC/C=C\C/C=C\C/C=C\C/C=C\C/C=C\C/C=C\C/C=C\C/C=C\C/C=C\CCCC(=O)OC(COC(=O)CCCCCCCCCCCCCCCCCCC/C=C\C/C=C\CCCCCCC)COP(=O)(O)OCCN. The molecule has 3 N–H and O–H groups in total. The van der Waals surface area contributed by atoms with Crippen molar-refractivity contribution in [2.75, 3.05) is 26.4 Å². The largest absolute Gasteiger partial charge is 0.472 e. The van der Waals surface area contributed by atoms with Crippen molar-refractivity contribution in [3.8, 4) is 0 Å². The standard InChI is InChI=1S/C69H116NO8P/c1-3-5-7-9-11-13-15-17-19-21-23-25-27-29-31-33-35-37-39-41-43-45-47-49-51-53-55-57-59-61-68(71)75-65-67(66-77-79(73,74)76-64-63-70)78-69(72)62-60-58-56-54-52-50-48-46-44-42-40-38-36-34-32-30-28-26-24-22-20-18-16-14-12-10-8-6-4-2/h6,8,12,14-15,17-18,20-21,23-24,26,30,32,36,38,42,44,48,50,54,56,67H,3-5,7,9-11,13,16,19,22,25,27-29,31,33-35,37,39-41,43,45-47,49,51-53,55,57-66,70H2,1-2H3,(H,73,74)/b8-6-,14-12-,17-15-,20-18-,23-21-,26-24-,32-30-,38-36-,44-42-,50-48-,56-54-. The summed E-state index contributed by atoms with van der Waals surface area (Å²) in [4.78, 5) is 35.2. The Bertz CT molecular complexity index is 1750. The fraction of sp³-hybridized carbons (Fsp3) is 0.652. The monoisotopic (exact) mass is 1120 g/mol. The fourth-order valence-corrected chi connectivity index (χ4v) is 9.14. The Hall–Kier alpha value is -3.85. The number of hydrogen-bond donors (Lipinski definition) is 2. The Morgan fingerprint density at radius 2 is 0.709 bits per heavy atom. The molecule has 0 radical (unpaired) electrons. The van der Waals surface area contributed by atoms with Crippen molar-refractivity contribution in [2.45, 2.75) is 264 Å². The summed E-state index contributed by atoms with van der Waals surface area (Å²) in [6, 6.07) is 0. The van der Waals surface area contributed by atoms with Crippen molar-refractivity contribution in [1.29, 1.82) is 0 Å². The summed E-state index contributed by atoms with van der Waals surface area (Å²) in [7, 11) is -4.42. The topological polar surface area (TPSA) is 134 Å². The van der Waals surface area contributed by atoms with E-state index in [9.17, 15) is 19.0 Å². The van der Waals surface area contributed by atoms with Gasteiger partial charge < -0.3 is 20.1 Å². The van der Waals surface area contributed by atoms with E-state index in [0.29, 0.717) is 12.8 Å². The summed E-state index contributed by atoms with van der Waals surface area (Å²) in [6.45, 7) is 3.56. The minimum atomic E-state index is -4.42. The number of nitrogens with two attached hydrogens (primary N) is 1. The first-order chi connectivity index (χ1) is 38.8. The van der Waals surface area contributed by atoms with E-state index in [1.807, 2.05) is 6.08 Å². The first kappa shape index (κ1) is 75.2. The van der Waals surface area contributed by atoms with Crippen molar-refractivity contribution in [3.63, 3.8) is 0 Å². The molecule has 0 aliphatic heterocycles. The first-order valence-corrected chi connectivity index (χ1v) is 33.2. The van der Waals surface area contributed by atoms with Crippen LogP contribution in [0.2, 0.25) is 0 Å². The van der Waals surface area contributed by atoms with E-state index in [4.69, 9.17) is 24.3 Å². The normalized spacial score (nSPS) is 13.9. The van der Waals surface area contributed by atoms with Crippen LogP contribution < -0.4 is 5.73 Å². The highest BCUT2D eigenvalue weighted by atomic mass is 31.2. The van der Waals surface area contributed by atoms with E-state index in [-0.39, 0.29) is 32.6 Å². The highest BCUT2D eigenvalue weighted by Crippen LogP contribution is 2.43. The van der Waals surface area contributed by atoms with Crippen molar-refractivity contribution in [1.82, 2.24) is 0 Å². The molecule has 450 valence electrons. The summed E-state index contributed by atoms with van der Waals surface area (Å²) < 4.78 is 33.0. The van der Waals surface area contributed by atoms with Crippen LogP contribution in [0.3, 0.4) is 0 Å². The number of allylic oxidation sites excluding steroid dienone is 22. The average Bonchev–Trinajstić information content (AvgIpc) is 3.44. The van der Waals surface area contributed by atoms with Crippen molar-refractivity contribution >= 4 is 19.8 Å². The molecule has 79 heavy (non-hydrogen) atoms. The van der Waals surface area contributed by atoms with Crippen molar-refractivity contribution in [3.05, 3.63) is 134 Å². The lowest BCUT2D eigenvalue weighted by atomic mass is 10.0. The summed E-state index contributed by atoms with van der Waals surface area (Å²) >= 11 is 0. The van der Waals surface area contributed by atoms with Crippen LogP contribution in [0.5, 0.6) is 0 Å². The van der Waals surface area contributed by atoms with Crippen LogP contribution >= 0.6 is 7.82 Å². The molecule has 0 spiro atoms. The molecule has 10 heteroatoms. The van der Waals surface area contributed by atoms with Gasteiger partial charge in [-0.15, -0.1) is 0 Å². The Balaban J connectivity index is 4.06. The second-order valence-corrected chi connectivity index (χ2v) is 22.0. The maximum Gasteiger partial charge on any atom is 0.472 e. The molecule has 0 aliphatic rings. The lowest BCUT2D eigenvalue weighted by Crippen LogP contribution is -2.29. The van der Waals surface area contributed by atoms with Gasteiger partial charge in [-0.25, -0.2) is 4.57 Å². The van der Waals surface area contributed by atoms with E-state index in [2.05, 4.69) is 141 Å². The van der Waals surface area contributed by atoms with Crippen LogP contribution in [0.4, 0.5) is 0 Å². The zero-order valence-electron chi connectivity index (χ0n) is 50.3. The third-order valence-corrected chi connectivity index (χ3v) is 14.0. The molecule has 0 fully saturated rings. The van der Waals surface area contributed by atoms with Crippen LogP contribution in [0.1, 0.15) is 258 Å². The van der Waals surface area contributed by atoms with Crippen LogP contribution in [0.15, 0.2) is 134 Å². The van der Waals surface area contributed by atoms with Gasteiger partial charge in [0.25, 0.3) is 0 Å². The van der Waals surface area contributed by atoms with Crippen LogP contribution in [0, 0.1) is 0 Å². The number of esters is 2. The van der Waals surface area contributed by atoms with Gasteiger partial charge in [-0.2, -0.15) is 0 Å². The number of rotatable bonds is 58. The Kier molecular flexibility index (Phi) is 60.2. The van der Waals surface area contributed by atoms with Gasteiger partial charge in [-0.1, -0.05) is 270 Å². The predicted molar refractivity (Wildman–Crippen MR) is 339 cm³/mol. The lowest BCUT2D eigenvalue weighted by Gasteiger charge is -2.19. The predicted octanol–water partition coefficient (Wildman–Crippen LogP) is 20.5. The molecule has 0 aliphatic carbocycles. The number of hydrogen-bond acceptors (Lipinski definition) is 8.